The summed E-state index contributed by atoms with van der Waals surface area (Å²) >= 11 is 0. The van der Waals surface area contributed by atoms with Crippen molar-refractivity contribution < 1.29 is 9.47 Å². The third kappa shape index (κ3) is 1.89. The number of methoxy groups -OCH3 is 2. The van der Waals surface area contributed by atoms with E-state index in [1.54, 1.807) is 14.2 Å². The number of H-pyrrole nitrogens is 1. The minimum absolute atomic E-state index is 0.799. The van der Waals surface area contributed by atoms with Crippen LogP contribution in [0.15, 0.2) is 30.5 Å². The van der Waals surface area contributed by atoms with Gasteiger partial charge in [-0.3, -0.25) is 0 Å². The molecule has 3 heteroatoms. The van der Waals surface area contributed by atoms with Crippen LogP contribution < -0.4 is 9.47 Å². The molecule has 0 fully saturated rings. The zero-order chi connectivity index (χ0) is 11.5. The number of hydrogen-bond acceptors (Lipinski definition) is 2. The highest BCUT2D eigenvalue weighted by Gasteiger charge is 2.08. The summed E-state index contributed by atoms with van der Waals surface area (Å²) in [7, 11) is 3.31. The van der Waals surface area contributed by atoms with Gasteiger partial charge in [0.15, 0.2) is 0 Å². The van der Waals surface area contributed by atoms with Gasteiger partial charge in [-0.25, -0.2) is 0 Å². The van der Waals surface area contributed by atoms with E-state index in [4.69, 9.17) is 9.47 Å². The van der Waals surface area contributed by atoms with Gasteiger partial charge in [-0.05, 0) is 25.1 Å². The number of aromatic nitrogens is 1. The van der Waals surface area contributed by atoms with Gasteiger partial charge >= 0.3 is 0 Å². The number of aromatic amines is 1. The van der Waals surface area contributed by atoms with E-state index in [9.17, 15) is 0 Å². The van der Waals surface area contributed by atoms with Gasteiger partial charge in [0.2, 0.25) is 0 Å². The van der Waals surface area contributed by atoms with E-state index >= 15 is 0 Å². The molecule has 0 amide bonds. The topological polar surface area (TPSA) is 34.2 Å². The van der Waals surface area contributed by atoms with Gasteiger partial charge < -0.3 is 14.5 Å². The third-order valence-corrected chi connectivity index (χ3v) is 2.55. The van der Waals surface area contributed by atoms with E-state index in [2.05, 4.69) is 11.1 Å². The Kier molecular flexibility index (Phi) is 2.86. The number of hydrogen-bond donors (Lipinski definition) is 1. The Morgan fingerprint density at radius 1 is 1.06 bits per heavy atom. The lowest BCUT2D eigenvalue weighted by Crippen LogP contribution is -1.89. The van der Waals surface area contributed by atoms with Crippen LogP contribution in [0.25, 0.3) is 11.1 Å². The van der Waals surface area contributed by atoms with Gasteiger partial charge in [0, 0.05) is 29.1 Å². The maximum atomic E-state index is 5.36. The molecule has 0 spiro atoms. The normalized spacial score (nSPS) is 10.2. The molecule has 0 aliphatic heterocycles. The number of nitrogens with one attached hydrogen (secondary N) is 1. The van der Waals surface area contributed by atoms with Crippen molar-refractivity contribution in [2.75, 3.05) is 14.2 Å². The van der Waals surface area contributed by atoms with Gasteiger partial charge in [0.1, 0.15) is 11.5 Å². The molecule has 0 saturated carbocycles. The van der Waals surface area contributed by atoms with Gasteiger partial charge in [0.05, 0.1) is 14.2 Å². The Labute approximate surface area is 95.0 Å². The van der Waals surface area contributed by atoms with Crippen LogP contribution in [-0.4, -0.2) is 19.2 Å². The fraction of sp³-hybridized carbons (Fsp3) is 0.231. The molecule has 0 radical (unpaired) electrons. The van der Waals surface area contributed by atoms with Gasteiger partial charge in [0.25, 0.3) is 0 Å². The lowest BCUT2D eigenvalue weighted by atomic mass is 10.1. The molecule has 3 nitrogen and oxygen atoms in total. The SMILES string of the molecule is COc1ccc(-c2c[nH]c(C)c2)c(OC)c1. The second-order valence-corrected chi connectivity index (χ2v) is 3.64. The highest BCUT2D eigenvalue weighted by Crippen LogP contribution is 2.33. The molecule has 0 bridgehead atoms. The molecule has 1 N–H and O–H groups in total. The van der Waals surface area contributed by atoms with Crippen LogP contribution in [0.3, 0.4) is 0 Å². The Hall–Kier alpha value is -1.90. The highest BCUT2D eigenvalue weighted by molar-refractivity contribution is 5.71. The summed E-state index contributed by atoms with van der Waals surface area (Å²) in [6, 6.07) is 7.91. The van der Waals surface area contributed by atoms with Crippen LogP contribution in [-0.2, 0) is 0 Å². The van der Waals surface area contributed by atoms with Crippen LogP contribution in [0.2, 0.25) is 0 Å². The van der Waals surface area contributed by atoms with Crippen molar-refractivity contribution in [3.8, 4) is 22.6 Å². The van der Waals surface area contributed by atoms with Crippen LogP contribution in [0, 0.1) is 6.92 Å². The molecular weight excluding hydrogens is 202 g/mol. The van der Waals surface area contributed by atoms with Crippen molar-refractivity contribution in [1.29, 1.82) is 0 Å². The smallest absolute Gasteiger partial charge is 0.130 e. The second-order valence-electron chi connectivity index (χ2n) is 3.64. The Morgan fingerprint density at radius 3 is 2.44 bits per heavy atom. The van der Waals surface area contributed by atoms with E-state index in [0.29, 0.717) is 0 Å². The van der Waals surface area contributed by atoms with Crippen molar-refractivity contribution in [2.24, 2.45) is 0 Å². The quantitative estimate of drug-likeness (QED) is 0.857. The number of aryl methyl sites for hydroxylation is 1. The van der Waals surface area contributed by atoms with Gasteiger partial charge in [-0.1, -0.05) is 0 Å². The average Bonchev–Trinajstić information content (AvgIpc) is 2.74. The zero-order valence-corrected chi connectivity index (χ0v) is 9.70. The highest BCUT2D eigenvalue weighted by atomic mass is 16.5. The summed E-state index contributed by atoms with van der Waals surface area (Å²) in [5, 5.41) is 0. The summed E-state index contributed by atoms with van der Waals surface area (Å²) < 4.78 is 10.5. The molecule has 16 heavy (non-hydrogen) atoms. The summed E-state index contributed by atoms with van der Waals surface area (Å²) in [5.74, 6) is 1.62. The first-order chi connectivity index (χ1) is 7.74. The Bertz CT molecular complexity index is 488. The first kappa shape index (κ1) is 10.6. The zero-order valence-electron chi connectivity index (χ0n) is 9.70. The van der Waals surface area contributed by atoms with E-state index in [-0.39, 0.29) is 0 Å². The molecule has 0 saturated heterocycles. The summed E-state index contributed by atoms with van der Waals surface area (Å²) in [4.78, 5) is 3.16. The van der Waals surface area contributed by atoms with Crippen molar-refractivity contribution >= 4 is 0 Å². The summed E-state index contributed by atoms with van der Waals surface area (Å²) in [5.41, 5.74) is 3.32. The van der Waals surface area contributed by atoms with Crippen molar-refractivity contribution in [2.45, 2.75) is 6.92 Å². The fourth-order valence-electron chi connectivity index (χ4n) is 1.70. The van der Waals surface area contributed by atoms with Crippen LogP contribution >= 0.6 is 0 Å². The fourth-order valence-corrected chi connectivity index (χ4v) is 1.70. The predicted molar refractivity (Wildman–Crippen MR) is 64.1 cm³/mol. The average molecular weight is 217 g/mol. The summed E-state index contributed by atoms with van der Waals surface area (Å²) in [6.07, 6.45) is 1.97. The van der Waals surface area contributed by atoms with Crippen molar-refractivity contribution in [3.05, 3.63) is 36.2 Å². The van der Waals surface area contributed by atoms with Crippen molar-refractivity contribution in [1.82, 2.24) is 4.98 Å². The lowest BCUT2D eigenvalue weighted by molar-refractivity contribution is 0.395. The van der Waals surface area contributed by atoms with Crippen LogP contribution in [0.4, 0.5) is 0 Å². The molecule has 1 heterocycles. The Morgan fingerprint density at radius 2 is 1.88 bits per heavy atom. The molecule has 0 aliphatic carbocycles. The molecular formula is C13H15NO2. The van der Waals surface area contributed by atoms with Gasteiger partial charge in [-0.15, -0.1) is 0 Å². The maximum Gasteiger partial charge on any atom is 0.130 e. The van der Waals surface area contributed by atoms with Crippen molar-refractivity contribution in [3.63, 3.8) is 0 Å². The molecule has 1 aromatic carbocycles. The Balaban J connectivity index is 2.48. The van der Waals surface area contributed by atoms with E-state index in [0.717, 1.165) is 28.3 Å². The third-order valence-electron chi connectivity index (χ3n) is 2.55. The molecule has 1 aromatic heterocycles. The predicted octanol–water partition coefficient (Wildman–Crippen LogP) is 3.01. The molecule has 2 rings (SSSR count). The van der Waals surface area contributed by atoms with E-state index in [1.807, 2.05) is 31.3 Å². The van der Waals surface area contributed by atoms with E-state index in [1.165, 1.54) is 0 Å². The van der Waals surface area contributed by atoms with E-state index < -0.39 is 0 Å². The minimum Gasteiger partial charge on any atom is -0.497 e. The minimum atomic E-state index is 0.799. The molecule has 84 valence electrons. The molecule has 2 aromatic rings. The maximum absolute atomic E-state index is 5.36. The molecule has 0 unspecified atom stereocenters. The van der Waals surface area contributed by atoms with Gasteiger partial charge in [-0.2, -0.15) is 0 Å². The number of rotatable bonds is 3. The van der Waals surface area contributed by atoms with Crippen LogP contribution in [0.1, 0.15) is 5.69 Å². The molecule has 0 aliphatic rings. The number of ether oxygens (including phenoxy) is 2. The largest absolute Gasteiger partial charge is 0.497 e. The molecule has 0 atom stereocenters. The first-order valence-corrected chi connectivity index (χ1v) is 5.12. The number of benzene rings is 1. The summed E-state index contributed by atoms with van der Waals surface area (Å²) in [6.45, 7) is 2.03. The lowest BCUT2D eigenvalue weighted by Gasteiger charge is -2.08. The first-order valence-electron chi connectivity index (χ1n) is 5.12. The standard InChI is InChI=1S/C13H15NO2/c1-9-6-10(8-14-9)12-5-4-11(15-2)7-13(12)16-3/h4-8,14H,1-3H3. The van der Waals surface area contributed by atoms with Crippen LogP contribution in [0.5, 0.6) is 11.5 Å². The second kappa shape index (κ2) is 4.31. The monoisotopic (exact) mass is 217 g/mol.